The van der Waals surface area contributed by atoms with Crippen LogP contribution >= 0.6 is 0 Å². The molecule has 0 spiro atoms. The maximum Gasteiger partial charge on any atom is 0.227 e. The van der Waals surface area contributed by atoms with Crippen LogP contribution in [0.15, 0.2) is 23.4 Å². The number of oxime groups is 1. The number of hydrogen-bond acceptors (Lipinski definition) is 4. The lowest BCUT2D eigenvalue weighted by Gasteiger charge is -2.22. The summed E-state index contributed by atoms with van der Waals surface area (Å²) in [6, 6.07) is 5.13. The lowest BCUT2D eigenvalue weighted by atomic mass is 9.88. The molecule has 0 heterocycles. The fourth-order valence-electron chi connectivity index (χ4n) is 2.69. The molecule has 1 fully saturated rings. The quantitative estimate of drug-likeness (QED) is 0.343. The summed E-state index contributed by atoms with van der Waals surface area (Å²) in [7, 11) is 1.52. The van der Waals surface area contributed by atoms with Gasteiger partial charge in [0, 0.05) is 11.5 Å². The molecule has 1 aliphatic carbocycles. The standard InChI is InChI=1S/C15H21N3O3/c1-21-12-9-5-8-11(14(16)18-20)13(12)17-15(19)10-6-3-2-4-7-10/h5,8-10,20H,2-4,6-7H2,1H3,(H2,16,18)(H,17,19). The van der Waals surface area contributed by atoms with E-state index in [2.05, 4.69) is 10.5 Å². The number of methoxy groups -OCH3 is 1. The lowest BCUT2D eigenvalue weighted by molar-refractivity contribution is -0.120. The van der Waals surface area contributed by atoms with Gasteiger partial charge in [-0.15, -0.1) is 0 Å². The molecule has 0 unspecified atom stereocenters. The summed E-state index contributed by atoms with van der Waals surface area (Å²) in [5, 5.41) is 14.7. The Balaban J connectivity index is 2.26. The third kappa shape index (κ3) is 3.45. The second-order valence-electron chi connectivity index (χ2n) is 5.19. The fourth-order valence-corrected chi connectivity index (χ4v) is 2.69. The van der Waals surface area contributed by atoms with Gasteiger partial charge in [-0.2, -0.15) is 0 Å². The summed E-state index contributed by atoms with van der Waals surface area (Å²) in [6.07, 6.45) is 5.15. The van der Waals surface area contributed by atoms with Crippen LogP contribution in [0.4, 0.5) is 5.69 Å². The second kappa shape index (κ2) is 6.97. The Bertz CT molecular complexity index is 537. The number of carbonyl (C=O) groups is 1. The Hall–Kier alpha value is -2.24. The van der Waals surface area contributed by atoms with Gasteiger partial charge in [0.15, 0.2) is 5.84 Å². The Morgan fingerprint density at radius 3 is 2.71 bits per heavy atom. The molecule has 4 N–H and O–H groups in total. The van der Waals surface area contributed by atoms with Crippen LogP contribution in [0.25, 0.3) is 0 Å². The Morgan fingerprint density at radius 1 is 1.38 bits per heavy atom. The zero-order valence-electron chi connectivity index (χ0n) is 12.1. The summed E-state index contributed by atoms with van der Waals surface area (Å²) < 4.78 is 5.26. The molecule has 0 saturated heterocycles. The van der Waals surface area contributed by atoms with Crippen LogP contribution in [-0.2, 0) is 4.79 Å². The van der Waals surface area contributed by atoms with E-state index in [1.807, 2.05) is 0 Å². The molecule has 2 rings (SSSR count). The molecule has 1 aromatic rings. The second-order valence-corrected chi connectivity index (χ2v) is 5.19. The number of anilines is 1. The molecule has 21 heavy (non-hydrogen) atoms. The Kier molecular flexibility index (Phi) is 5.03. The summed E-state index contributed by atoms with van der Waals surface area (Å²) >= 11 is 0. The van der Waals surface area contributed by atoms with E-state index in [0.717, 1.165) is 25.7 Å². The maximum atomic E-state index is 12.4. The van der Waals surface area contributed by atoms with Gasteiger partial charge in [0.25, 0.3) is 0 Å². The molecule has 0 aliphatic heterocycles. The number of rotatable bonds is 4. The first-order chi connectivity index (χ1) is 10.2. The van der Waals surface area contributed by atoms with Gasteiger partial charge in [-0.1, -0.05) is 30.5 Å². The predicted octanol–water partition coefficient (Wildman–Crippen LogP) is 2.31. The van der Waals surface area contributed by atoms with Crippen molar-refractivity contribution in [1.29, 1.82) is 0 Å². The number of carbonyl (C=O) groups excluding carboxylic acids is 1. The van der Waals surface area contributed by atoms with E-state index in [4.69, 9.17) is 15.7 Å². The van der Waals surface area contributed by atoms with E-state index < -0.39 is 0 Å². The maximum absolute atomic E-state index is 12.4. The first-order valence-electron chi connectivity index (χ1n) is 7.13. The van der Waals surface area contributed by atoms with E-state index >= 15 is 0 Å². The minimum atomic E-state index is -0.0622. The normalized spacial score (nSPS) is 16.5. The molecule has 1 aliphatic rings. The predicted molar refractivity (Wildman–Crippen MR) is 80.7 cm³/mol. The molecule has 1 saturated carbocycles. The number of amides is 1. The average Bonchev–Trinajstić information content (AvgIpc) is 2.55. The van der Waals surface area contributed by atoms with Crippen LogP contribution in [0, 0.1) is 5.92 Å². The monoisotopic (exact) mass is 291 g/mol. The molecular weight excluding hydrogens is 270 g/mol. The lowest BCUT2D eigenvalue weighted by Crippen LogP contribution is -2.26. The van der Waals surface area contributed by atoms with E-state index in [9.17, 15) is 4.79 Å². The molecule has 0 atom stereocenters. The van der Waals surface area contributed by atoms with Gasteiger partial charge >= 0.3 is 0 Å². The Morgan fingerprint density at radius 2 is 2.10 bits per heavy atom. The largest absolute Gasteiger partial charge is 0.495 e. The van der Waals surface area contributed by atoms with Gasteiger partial charge in [-0.25, -0.2) is 0 Å². The highest BCUT2D eigenvalue weighted by atomic mass is 16.5. The van der Waals surface area contributed by atoms with Gasteiger partial charge in [-0.05, 0) is 25.0 Å². The zero-order chi connectivity index (χ0) is 15.2. The number of amidine groups is 1. The van der Waals surface area contributed by atoms with Gasteiger partial charge in [-0.3, -0.25) is 4.79 Å². The molecular formula is C15H21N3O3. The highest BCUT2D eigenvalue weighted by Crippen LogP contribution is 2.31. The van der Waals surface area contributed by atoms with E-state index in [0.29, 0.717) is 17.0 Å². The van der Waals surface area contributed by atoms with Crippen molar-refractivity contribution < 1.29 is 14.7 Å². The SMILES string of the molecule is COc1cccc(/C(N)=N/O)c1NC(=O)C1CCCCC1. The Labute approximate surface area is 124 Å². The third-order valence-electron chi connectivity index (χ3n) is 3.85. The van der Waals surface area contributed by atoms with Crippen molar-refractivity contribution in [2.24, 2.45) is 16.8 Å². The summed E-state index contributed by atoms with van der Waals surface area (Å²) in [5.41, 5.74) is 6.56. The van der Waals surface area contributed by atoms with Crippen molar-refractivity contribution in [1.82, 2.24) is 0 Å². The fraction of sp³-hybridized carbons (Fsp3) is 0.467. The van der Waals surface area contributed by atoms with Crippen molar-refractivity contribution in [2.45, 2.75) is 32.1 Å². The molecule has 114 valence electrons. The smallest absolute Gasteiger partial charge is 0.227 e. The minimum Gasteiger partial charge on any atom is -0.495 e. The van der Waals surface area contributed by atoms with Crippen LogP contribution in [0.2, 0.25) is 0 Å². The number of hydrogen-bond donors (Lipinski definition) is 3. The van der Waals surface area contributed by atoms with Crippen LogP contribution in [-0.4, -0.2) is 24.1 Å². The third-order valence-corrected chi connectivity index (χ3v) is 3.85. The van der Waals surface area contributed by atoms with Crippen molar-refractivity contribution in [3.8, 4) is 5.75 Å². The summed E-state index contributed by atoms with van der Waals surface area (Å²) in [5.74, 6) is 0.408. The van der Waals surface area contributed by atoms with Crippen molar-refractivity contribution in [2.75, 3.05) is 12.4 Å². The van der Waals surface area contributed by atoms with Crippen molar-refractivity contribution in [3.63, 3.8) is 0 Å². The van der Waals surface area contributed by atoms with Crippen LogP contribution in [0.5, 0.6) is 5.75 Å². The number of ether oxygens (including phenoxy) is 1. The molecule has 6 heteroatoms. The van der Waals surface area contributed by atoms with Crippen LogP contribution < -0.4 is 15.8 Å². The van der Waals surface area contributed by atoms with E-state index in [1.165, 1.54) is 13.5 Å². The highest BCUT2D eigenvalue weighted by molar-refractivity contribution is 6.07. The molecule has 1 amide bonds. The molecule has 6 nitrogen and oxygen atoms in total. The zero-order valence-corrected chi connectivity index (χ0v) is 12.1. The van der Waals surface area contributed by atoms with Crippen LogP contribution in [0.1, 0.15) is 37.7 Å². The van der Waals surface area contributed by atoms with E-state index in [-0.39, 0.29) is 17.7 Å². The number of benzene rings is 1. The van der Waals surface area contributed by atoms with Gasteiger partial charge in [0.05, 0.1) is 12.8 Å². The number of nitrogens with zero attached hydrogens (tertiary/aromatic N) is 1. The number of para-hydroxylation sites is 1. The molecule has 0 bridgehead atoms. The average molecular weight is 291 g/mol. The number of nitrogens with one attached hydrogen (secondary N) is 1. The van der Waals surface area contributed by atoms with Gasteiger partial charge < -0.3 is 21.0 Å². The first-order valence-corrected chi connectivity index (χ1v) is 7.13. The number of nitrogens with two attached hydrogens (primary N) is 1. The summed E-state index contributed by atoms with van der Waals surface area (Å²) in [6.45, 7) is 0. The van der Waals surface area contributed by atoms with E-state index in [1.54, 1.807) is 18.2 Å². The molecule has 1 aromatic carbocycles. The minimum absolute atomic E-state index is 0.0174. The van der Waals surface area contributed by atoms with Crippen LogP contribution in [0.3, 0.4) is 0 Å². The molecule has 0 radical (unpaired) electrons. The topological polar surface area (TPSA) is 96.9 Å². The first kappa shape index (κ1) is 15.2. The van der Waals surface area contributed by atoms with Crippen molar-refractivity contribution >= 4 is 17.4 Å². The van der Waals surface area contributed by atoms with Gasteiger partial charge in [0.2, 0.25) is 5.91 Å². The van der Waals surface area contributed by atoms with Crippen molar-refractivity contribution in [3.05, 3.63) is 23.8 Å². The molecule has 0 aromatic heterocycles. The van der Waals surface area contributed by atoms with Gasteiger partial charge in [0.1, 0.15) is 5.75 Å². The summed E-state index contributed by atoms with van der Waals surface area (Å²) in [4.78, 5) is 12.4. The highest BCUT2D eigenvalue weighted by Gasteiger charge is 2.23.